The zero-order valence-corrected chi connectivity index (χ0v) is 16.3. The van der Waals surface area contributed by atoms with E-state index in [1.54, 1.807) is 12.1 Å². The maximum Gasteiger partial charge on any atom is 0.417 e. The number of morpholine rings is 1. The van der Waals surface area contributed by atoms with Crippen LogP contribution in [0.15, 0.2) is 47.4 Å². The van der Waals surface area contributed by atoms with E-state index in [0.29, 0.717) is 23.8 Å². The minimum absolute atomic E-state index is 0.00978. The van der Waals surface area contributed by atoms with E-state index in [2.05, 4.69) is 10.2 Å². The van der Waals surface area contributed by atoms with Crippen LogP contribution < -0.4 is 10.2 Å². The Labute approximate surface area is 170 Å². The summed E-state index contributed by atoms with van der Waals surface area (Å²) in [7, 11) is 0. The number of alkyl halides is 3. The predicted molar refractivity (Wildman–Crippen MR) is 105 cm³/mol. The van der Waals surface area contributed by atoms with Crippen LogP contribution in [0.3, 0.4) is 0 Å². The van der Waals surface area contributed by atoms with Gasteiger partial charge in [-0.05, 0) is 42.5 Å². The molecule has 0 radical (unpaired) electrons. The lowest BCUT2D eigenvalue weighted by Gasteiger charge is -2.28. The molecule has 0 bridgehead atoms. The van der Waals surface area contributed by atoms with Crippen molar-refractivity contribution in [1.29, 1.82) is 0 Å². The van der Waals surface area contributed by atoms with Crippen molar-refractivity contribution in [3.8, 4) is 0 Å². The van der Waals surface area contributed by atoms with Gasteiger partial charge in [0.15, 0.2) is 0 Å². The summed E-state index contributed by atoms with van der Waals surface area (Å²) in [6.45, 7) is 3.03. The number of halogens is 4. The number of ether oxygens (including phenoxy) is 1. The number of benzene rings is 2. The van der Waals surface area contributed by atoms with E-state index >= 15 is 0 Å². The van der Waals surface area contributed by atoms with Crippen LogP contribution in [0, 0.1) is 0 Å². The normalized spacial score (nSPS) is 14.8. The molecule has 0 aromatic heterocycles. The molecule has 3 rings (SSSR count). The summed E-state index contributed by atoms with van der Waals surface area (Å²) >= 11 is 6.62. The number of thioether (sulfide) groups is 1. The minimum atomic E-state index is -4.53. The van der Waals surface area contributed by atoms with Crippen molar-refractivity contribution in [2.75, 3.05) is 42.3 Å². The van der Waals surface area contributed by atoms with Crippen LogP contribution in [0.2, 0.25) is 5.02 Å². The summed E-state index contributed by atoms with van der Waals surface area (Å²) in [5.41, 5.74) is 0.782. The van der Waals surface area contributed by atoms with Gasteiger partial charge in [-0.3, -0.25) is 4.79 Å². The third-order valence-electron chi connectivity index (χ3n) is 4.14. The Morgan fingerprint density at radius 3 is 2.46 bits per heavy atom. The van der Waals surface area contributed by atoms with E-state index in [4.69, 9.17) is 16.3 Å². The Kier molecular flexibility index (Phi) is 6.74. The van der Waals surface area contributed by atoms with Crippen LogP contribution in [0.4, 0.5) is 24.5 Å². The van der Waals surface area contributed by atoms with E-state index < -0.39 is 11.7 Å². The topological polar surface area (TPSA) is 41.6 Å². The number of amides is 1. The fourth-order valence-electron chi connectivity index (χ4n) is 2.73. The van der Waals surface area contributed by atoms with Gasteiger partial charge < -0.3 is 15.0 Å². The number of hydrogen-bond acceptors (Lipinski definition) is 4. The summed E-state index contributed by atoms with van der Waals surface area (Å²) in [5.74, 6) is -0.308. The van der Waals surface area contributed by atoms with Crippen LogP contribution in [0.1, 0.15) is 5.56 Å². The van der Waals surface area contributed by atoms with Gasteiger partial charge in [-0.2, -0.15) is 13.2 Å². The third kappa shape index (κ3) is 5.56. The van der Waals surface area contributed by atoms with E-state index in [1.807, 2.05) is 12.1 Å². The van der Waals surface area contributed by atoms with Crippen LogP contribution in [0.5, 0.6) is 0 Å². The van der Waals surface area contributed by atoms with Gasteiger partial charge in [-0.15, -0.1) is 11.8 Å². The standard InChI is InChI=1S/C19H18ClF3N2O2S/c20-17-6-5-15(11-16(17)19(21,22)23)28-12-18(26)24-13-1-3-14(4-2-13)25-7-9-27-10-8-25/h1-6,11H,7-10,12H2,(H,24,26). The summed E-state index contributed by atoms with van der Waals surface area (Å²) < 4.78 is 44.0. The lowest BCUT2D eigenvalue weighted by molar-refractivity contribution is -0.137. The quantitative estimate of drug-likeness (QED) is 0.683. The van der Waals surface area contributed by atoms with Gasteiger partial charge in [0, 0.05) is 29.4 Å². The molecule has 0 unspecified atom stereocenters. The molecule has 0 spiro atoms. The number of hydrogen-bond donors (Lipinski definition) is 1. The van der Waals surface area contributed by atoms with Crippen LogP contribution >= 0.6 is 23.4 Å². The number of nitrogens with one attached hydrogen (secondary N) is 1. The number of carbonyl (C=O) groups is 1. The van der Waals surface area contributed by atoms with Gasteiger partial charge in [0.1, 0.15) is 0 Å². The second kappa shape index (κ2) is 9.07. The zero-order valence-electron chi connectivity index (χ0n) is 14.8. The molecule has 0 saturated carbocycles. The molecule has 0 atom stereocenters. The summed E-state index contributed by atoms with van der Waals surface area (Å²) in [6, 6.07) is 11.1. The molecular weight excluding hydrogens is 413 g/mol. The molecule has 2 aromatic rings. The minimum Gasteiger partial charge on any atom is -0.378 e. The molecule has 1 aliphatic rings. The van der Waals surface area contributed by atoms with Crippen LogP contribution in [0.25, 0.3) is 0 Å². The van der Waals surface area contributed by atoms with E-state index in [-0.39, 0.29) is 16.7 Å². The lowest BCUT2D eigenvalue weighted by atomic mass is 10.2. The zero-order chi connectivity index (χ0) is 20.1. The van der Waals surface area contributed by atoms with E-state index in [1.165, 1.54) is 12.1 Å². The predicted octanol–water partition coefficient (Wildman–Crippen LogP) is 4.93. The SMILES string of the molecule is O=C(CSc1ccc(Cl)c(C(F)(F)F)c1)Nc1ccc(N2CCOCC2)cc1. The molecule has 150 valence electrons. The maximum atomic E-state index is 12.9. The highest BCUT2D eigenvalue weighted by atomic mass is 35.5. The second-order valence-corrected chi connectivity index (χ2v) is 7.58. The molecule has 1 saturated heterocycles. The monoisotopic (exact) mass is 430 g/mol. The number of rotatable bonds is 5. The molecule has 1 N–H and O–H groups in total. The van der Waals surface area contributed by atoms with Crippen molar-refractivity contribution >= 4 is 40.6 Å². The fourth-order valence-corrected chi connectivity index (χ4v) is 3.69. The first-order chi connectivity index (χ1) is 13.3. The second-order valence-electron chi connectivity index (χ2n) is 6.12. The van der Waals surface area contributed by atoms with Crippen molar-refractivity contribution < 1.29 is 22.7 Å². The molecule has 9 heteroatoms. The van der Waals surface area contributed by atoms with Crippen molar-refractivity contribution in [2.45, 2.75) is 11.1 Å². The van der Waals surface area contributed by atoms with Crippen molar-refractivity contribution in [1.82, 2.24) is 0 Å². The molecule has 1 aliphatic heterocycles. The van der Waals surface area contributed by atoms with E-state index in [9.17, 15) is 18.0 Å². The van der Waals surface area contributed by atoms with Crippen molar-refractivity contribution in [2.24, 2.45) is 0 Å². The smallest absolute Gasteiger partial charge is 0.378 e. The Hall–Kier alpha value is -1.90. The average Bonchev–Trinajstić information content (AvgIpc) is 2.68. The first kappa shape index (κ1) is 20.8. The highest BCUT2D eigenvalue weighted by Gasteiger charge is 2.33. The van der Waals surface area contributed by atoms with Crippen LogP contribution in [-0.4, -0.2) is 38.0 Å². The first-order valence-corrected chi connectivity index (χ1v) is 9.91. The lowest BCUT2D eigenvalue weighted by Crippen LogP contribution is -2.36. The van der Waals surface area contributed by atoms with Gasteiger partial charge in [-0.1, -0.05) is 11.6 Å². The molecule has 1 heterocycles. The van der Waals surface area contributed by atoms with E-state index in [0.717, 1.165) is 36.6 Å². The molecular formula is C19H18ClF3N2O2S. The molecule has 4 nitrogen and oxygen atoms in total. The highest BCUT2D eigenvalue weighted by Crippen LogP contribution is 2.37. The molecule has 28 heavy (non-hydrogen) atoms. The molecule has 1 fully saturated rings. The Balaban J connectivity index is 1.54. The summed E-state index contributed by atoms with van der Waals surface area (Å²) in [4.78, 5) is 14.6. The first-order valence-electron chi connectivity index (χ1n) is 8.55. The van der Waals surface area contributed by atoms with Gasteiger partial charge in [0.05, 0.1) is 29.6 Å². The number of carbonyl (C=O) groups excluding carboxylic acids is 1. The molecule has 1 amide bonds. The Morgan fingerprint density at radius 2 is 1.82 bits per heavy atom. The Morgan fingerprint density at radius 1 is 1.14 bits per heavy atom. The highest BCUT2D eigenvalue weighted by molar-refractivity contribution is 8.00. The van der Waals surface area contributed by atoms with Gasteiger partial charge in [-0.25, -0.2) is 0 Å². The van der Waals surface area contributed by atoms with Gasteiger partial charge >= 0.3 is 6.18 Å². The molecule has 2 aromatic carbocycles. The number of anilines is 2. The van der Waals surface area contributed by atoms with Crippen LogP contribution in [-0.2, 0) is 15.7 Å². The van der Waals surface area contributed by atoms with Crippen molar-refractivity contribution in [3.05, 3.63) is 53.1 Å². The average molecular weight is 431 g/mol. The number of nitrogens with zero attached hydrogens (tertiary/aromatic N) is 1. The summed E-state index contributed by atoms with van der Waals surface area (Å²) in [5, 5.41) is 2.39. The Bertz CT molecular complexity index is 825. The fraction of sp³-hybridized carbons (Fsp3) is 0.316. The van der Waals surface area contributed by atoms with Gasteiger partial charge in [0.2, 0.25) is 5.91 Å². The van der Waals surface area contributed by atoms with Gasteiger partial charge in [0.25, 0.3) is 0 Å². The largest absolute Gasteiger partial charge is 0.417 e. The maximum absolute atomic E-state index is 12.9. The molecule has 0 aliphatic carbocycles. The van der Waals surface area contributed by atoms with Crippen molar-refractivity contribution in [3.63, 3.8) is 0 Å². The third-order valence-corrected chi connectivity index (χ3v) is 5.46. The summed E-state index contributed by atoms with van der Waals surface area (Å²) in [6.07, 6.45) is -4.53.